The number of rotatable bonds is 15. The quantitative estimate of drug-likeness (QED) is 0.0245. The molecule has 0 fully saturated rings. The third-order valence-electron chi connectivity index (χ3n) is 15.4. The molecular weight excluding hydrogens is 1230 g/mol. The second kappa shape index (κ2) is 34.0. The molecule has 8 rings (SSSR count). The van der Waals surface area contributed by atoms with Gasteiger partial charge in [0.1, 0.15) is 57.1 Å². The number of unbranched alkanes of at least 4 members (excludes halogenated alkanes) is 6. The molecule has 13 heteroatoms. The Bertz CT molecular complexity index is 2680. The number of benzene rings is 3. The first kappa shape index (κ1) is 69.5. The third-order valence-corrected chi connectivity index (χ3v) is 15.4. The summed E-state index contributed by atoms with van der Waals surface area (Å²) in [6.45, 7) is 26.7. The average molecular weight is 1330 g/mol. The minimum atomic E-state index is -0.577. The Morgan fingerprint density at radius 1 is 0.688 bits per heavy atom. The van der Waals surface area contributed by atoms with Crippen molar-refractivity contribution in [3.8, 4) is 34.5 Å². The summed E-state index contributed by atoms with van der Waals surface area (Å²) in [6, 6.07) is 8.41. The van der Waals surface area contributed by atoms with Crippen molar-refractivity contribution in [1.29, 1.82) is 0 Å². The molecule has 80 heavy (non-hydrogen) atoms. The molecule has 3 aromatic rings. The molecule has 2 aliphatic heterocycles. The van der Waals surface area contributed by atoms with Crippen LogP contribution >= 0.6 is 45.2 Å². The van der Waals surface area contributed by atoms with E-state index in [0.29, 0.717) is 58.6 Å². The molecule has 0 bridgehead atoms. The number of carbonyl (C=O) groups excluding carboxylic acids is 2. The zero-order valence-electron chi connectivity index (χ0n) is 49.6. The molecule has 1 unspecified atom stereocenters. The van der Waals surface area contributed by atoms with Gasteiger partial charge in [0.05, 0.1) is 22.3 Å². The lowest BCUT2D eigenvalue weighted by molar-refractivity contribution is 0.0585. The van der Waals surface area contributed by atoms with Gasteiger partial charge in [-0.1, -0.05) is 165 Å². The Hall–Kier alpha value is -4.74. The lowest BCUT2D eigenvalue weighted by Crippen LogP contribution is -2.27. The number of methoxy groups -OCH3 is 2. The normalized spacial score (nSPS) is 20.9. The highest BCUT2D eigenvalue weighted by molar-refractivity contribution is 14.2. The molecule has 11 nitrogen and oxygen atoms in total. The van der Waals surface area contributed by atoms with Gasteiger partial charge >= 0.3 is 11.9 Å². The van der Waals surface area contributed by atoms with Crippen LogP contribution in [0, 0.1) is 25.2 Å². The molecule has 0 radical (unpaired) electrons. The maximum Gasteiger partial charge on any atom is 0.341 e. The highest BCUT2D eigenvalue weighted by atomic mass is 127. The van der Waals surface area contributed by atoms with Gasteiger partial charge in [-0.15, -0.1) is 0 Å². The number of hydrogen-bond acceptors (Lipinski definition) is 11. The van der Waals surface area contributed by atoms with Gasteiger partial charge in [-0.2, -0.15) is 0 Å². The van der Waals surface area contributed by atoms with Crippen LogP contribution in [0.3, 0.4) is 0 Å². The summed E-state index contributed by atoms with van der Waals surface area (Å²) in [4.78, 5) is 24.1. The van der Waals surface area contributed by atoms with Gasteiger partial charge in [0, 0.05) is 40.9 Å². The molecule has 442 valence electrons. The van der Waals surface area contributed by atoms with E-state index in [1.165, 1.54) is 52.3 Å². The van der Waals surface area contributed by atoms with E-state index in [1.807, 2.05) is 26.0 Å². The Morgan fingerprint density at radius 2 is 1.18 bits per heavy atom. The van der Waals surface area contributed by atoms with Crippen LogP contribution in [-0.2, 0) is 28.7 Å². The highest BCUT2D eigenvalue weighted by Gasteiger charge is 2.40. The molecular formula is C67H93I2O11-. The van der Waals surface area contributed by atoms with Gasteiger partial charge in [0.2, 0.25) is 0 Å². The number of ether oxygens (including phenoxy) is 4. The molecule has 3 aliphatic carbocycles. The molecule has 0 spiro atoms. The van der Waals surface area contributed by atoms with Crippen LogP contribution in [0.15, 0.2) is 103 Å². The van der Waals surface area contributed by atoms with Crippen LogP contribution in [-0.4, -0.2) is 59.7 Å². The SMILES string of the molecule is C=C(C)[C@H]1C=CC(C)(O)CC1.C=C1Oc2c(C(=O)OC)c(CCCCC)cc(O)c2[C@@H]2C=C(C)CC[C@@H]12.C=C1Oc2cc(CCCCC)cc(O)c2[C@@H]2C=C(C)CC[C@@H]12.CCCCCc1cc(O)cc(O)c1C(=O)OC.ICI.[CH3-]. The second-order valence-electron chi connectivity index (χ2n) is 21.9. The standard InChI is InChI=1S/C22H28O4.C20H26O2.C13H18O4.C10H16O.CH2I2.CH3/c1-5-6-7-8-15-12-18(23)20-17-11-13(2)9-10-16(17)14(3)26-21(20)19(15)22(24)25-4;1-4-5-6-7-15-11-18(21)20-17-10-13(2)8-9-16(17)14(3)22-19(20)12-15;1-3-4-5-6-9-7-10(14)8-11(15)12(9)13(16)17-2;1-8(2)9-4-6-10(3,11)7-5-9;2-1-3;/h11-12,16-17,23H,3,5-10H2,1-2,4H3;10-12,16-17,21H,3-9H2,1-2H3;7-8,14-15H,3-6H2,1-2H3;4,6,9,11H,1,5,7H2,2-3H3;1H2;1H3/q;;;;;-1/t2*16-,17+;;9-,10?;;/m00.0../s1. The number of fused-ring (bicyclic) bond motifs is 6. The van der Waals surface area contributed by atoms with E-state index < -0.39 is 17.5 Å². The zero-order chi connectivity index (χ0) is 58.6. The molecule has 5 aliphatic rings. The summed E-state index contributed by atoms with van der Waals surface area (Å²) in [6.07, 6.45) is 26.4. The first-order valence-electron chi connectivity index (χ1n) is 28.3. The predicted molar refractivity (Wildman–Crippen MR) is 343 cm³/mol. The van der Waals surface area contributed by atoms with Gasteiger partial charge in [0.15, 0.2) is 0 Å². The van der Waals surface area contributed by atoms with Gasteiger partial charge in [-0.25, -0.2) is 9.59 Å². The maximum absolute atomic E-state index is 12.6. The number of aromatic hydroxyl groups is 4. The lowest BCUT2D eigenvalue weighted by Gasteiger charge is -2.37. The first-order chi connectivity index (χ1) is 37.6. The highest BCUT2D eigenvalue weighted by Crippen LogP contribution is 2.54. The number of phenols is 4. The largest absolute Gasteiger partial charge is 0.508 e. The summed E-state index contributed by atoms with van der Waals surface area (Å²) < 4.78 is 22.9. The van der Waals surface area contributed by atoms with Crippen molar-refractivity contribution in [3.63, 3.8) is 0 Å². The minimum Gasteiger partial charge on any atom is -0.508 e. The molecule has 0 aromatic heterocycles. The van der Waals surface area contributed by atoms with Crippen LogP contribution in [0.25, 0.3) is 0 Å². The van der Waals surface area contributed by atoms with Crippen molar-refractivity contribution in [2.24, 2.45) is 17.8 Å². The summed E-state index contributed by atoms with van der Waals surface area (Å²) in [5.41, 5.74) is 8.11. The van der Waals surface area contributed by atoms with E-state index >= 15 is 0 Å². The smallest absolute Gasteiger partial charge is 0.341 e. The summed E-state index contributed by atoms with van der Waals surface area (Å²) in [7, 11) is 2.65. The fourth-order valence-electron chi connectivity index (χ4n) is 11.0. The number of aliphatic hydroxyl groups is 1. The van der Waals surface area contributed by atoms with Crippen molar-refractivity contribution in [3.05, 3.63) is 149 Å². The van der Waals surface area contributed by atoms with Crippen LogP contribution in [0.5, 0.6) is 34.5 Å². The van der Waals surface area contributed by atoms with Gasteiger partial charge in [-0.05, 0) is 152 Å². The molecule has 3 aromatic carbocycles. The molecule has 0 saturated carbocycles. The summed E-state index contributed by atoms with van der Waals surface area (Å²) in [5, 5.41) is 50.0. The number of allylic oxidation sites excluding steroid dienone is 8. The molecule has 2 heterocycles. The van der Waals surface area contributed by atoms with Gasteiger partial charge < -0.3 is 51.9 Å². The summed E-state index contributed by atoms with van der Waals surface area (Å²) >= 11 is 4.55. The van der Waals surface area contributed by atoms with E-state index in [0.717, 1.165) is 124 Å². The first-order valence-corrected chi connectivity index (χ1v) is 31.4. The van der Waals surface area contributed by atoms with Gasteiger partial charge in [-0.3, -0.25) is 0 Å². The second-order valence-corrected chi connectivity index (χ2v) is 26.3. The monoisotopic (exact) mass is 1330 g/mol. The molecule has 6 atom stereocenters. The molecule has 0 saturated heterocycles. The average Bonchev–Trinajstić information content (AvgIpc) is 3.60. The Morgan fingerprint density at radius 3 is 1.68 bits per heavy atom. The topological polar surface area (TPSA) is 172 Å². The van der Waals surface area contributed by atoms with Crippen LogP contribution in [0.2, 0.25) is 0 Å². The van der Waals surface area contributed by atoms with Crippen molar-refractivity contribution in [2.75, 3.05) is 16.7 Å². The Balaban J connectivity index is 0.000000284. The van der Waals surface area contributed by atoms with E-state index in [2.05, 4.69) is 129 Å². The van der Waals surface area contributed by atoms with Crippen LogP contribution in [0.4, 0.5) is 0 Å². The Labute approximate surface area is 507 Å². The predicted octanol–water partition coefficient (Wildman–Crippen LogP) is 17.9. The minimum absolute atomic E-state index is 0. The van der Waals surface area contributed by atoms with Crippen LogP contribution < -0.4 is 9.47 Å². The van der Waals surface area contributed by atoms with Crippen molar-refractivity contribution in [1.82, 2.24) is 0 Å². The van der Waals surface area contributed by atoms with Crippen molar-refractivity contribution < 1.29 is 54.1 Å². The fraction of sp³-hybridized carbons (Fsp3) is 0.507. The zero-order valence-corrected chi connectivity index (χ0v) is 53.9. The van der Waals surface area contributed by atoms with E-state index in [4.69, 9.17) is 14.2 Å². The maximum atomic E-state index is 12.6. The number of alkyl halides is 2. The van der Waals surface area contributed by atoms with Crippen molar-refractivity contribution in [2.45, 2.75) is 181 Å². The molecule has 5 N–H and O–H groups in total. The number of esters is 2. The third kappa shape index (κ3) is 19.4. The van der Waals surface area contributed by atoms with Crippen molar-refractivity contribution >= 4 is 57.1 Å². The summed E-state index contributed by atoms with van der Waals surface area (Å²) in [5.74, 6) is 3.20. The van der Waals surface area contributed by atoms with Crippen LogP contribution in [0.1, 0.15) is 205 Å². The number of carbonyl (C=O) groups is 2. The number of halogens is 2. The fourth-order valence-corrected chi connectivity index (χ4v) is 11.0. The number of aryl methyl sites for hydroxylation is 3. The van der Waals surface area contributed by atoms with E-state index in [9.17, 15) is 35.1 Å². The number of phenolic OH excluding ortho intramolecular Hbond substituents is 4. The van der Waals surface area contributed by atoms with Gasteiger partial charge in [0.25, 0.3) is 0 Å². The lowest BCUT2D eigenvalue weighted by atomic mass is 9.73. The van der Waals surface area contributed by atoms with E-state index in [-0.39, 0.29) is 48.0 Å². The number of hydrogen-bond donors (Lipinski definition) is 5. The molecule has 0 amide bonds. The van der Waals surface area contributed by atoms with E-state index in [1.54, 1.807) is 6.07 Å². The Kier molecular flexibility index (Phi) is 29.6.